The lowest BCUT2D eigenvalue weighted by Gasteiger charge is -2.19. The summed E-state index contributed by atoms with van der Waals surface area (Å²) in [5, 5.41) is 3.95. The lowest BCUT2D eigenvalue weighted by atomic mass is 10.1. The van der Waals surface area contributed by atoms with Crippen LogP contribution in [0, 0.1) is 6.92 Å². The summed E-state index contributed by atoms with van der Waals surface area (Å²) in [6.07, 6.45) is 0.920. The van der Waals surface area contributed by atoms with Crippen molar-refractivity contribution < 1.29 is 4.79 Å². The van der Waals surface area contributed by atoms with Gasteiger partial charge in [-0.05, 0) is 25.0 Å². The number of amides is 1. The topological polar surface area (TPSA) is 33.2 Å². The van der Waals surface area contributed by atoms with Crippen molar-refractivity contribution in [2.45, 2.75) is 18.6 Å². The fourth-order valence-electron chi connectivity index (χ4n) is 2.58. The maximum absolute atomic E-state index is 12.5. The zero-order chi connectivity index (χ0) is 15.5. The van der Waals surface area contributed by atoms with Gasteiger partial charge in [0.1, 0.15) is 5.69 Å². The van der Waals surface area contributed by atoms with Gasteiger partial charge in [-0.25, -0.2) is 4.98 Å². The highest BCUT2D eigenvalue weighted by atomic mass is 35.5. The van der Waals surface area contributed by atoms with Crippen LogP contribution in [0.5, 0.6) is 0 Å². The highest BCUT2D eigenvalue weighted by molar-refractivity contribution is 7.99. The van der Waals surface area contributed by atoms with Crippen LogP contribution in [-0.2, 0) is 0 Å². The van der Waals surface area contributed by atoms with Crippen molar-refractivity contribution in [2.24, 2.45) is 0 Å². The van der Waals surface area contributed by atoms with Crippen LogP contribution in [0.4, 0.5) is 0 Å². The van der Waals surface area contributed by atoms with Gasteiger partial charge >= 0.3 is 0 Å². The van der Waals surface area contributed by atoms with Crippen LogP contribution in [-0.4, -0.2) is 34.6 Å². The van der Waals surface area contributed by atoms with Gasteiger partial charge in [-0.1, -0.05) is 29.8 Å². The van der Waals surface area contributed by atoms with Crippen molar-refractivity contribution in [3.05, 3.63) is 50.9 Å². The van der Waals surface area contributed by atoms with E-state index in [1.54, 1.807) is 0 Å². The first-order valence-corrected chi connectivity index (χ1v) is 9.53. The molecule has 1 atom stereocenters. The number of carbonyl (C=O) groups excluding carboxylic acids is 1. The van der Waals surface area contributed by atoms with E-state index in [1.165, 1.54) is 16.9 Å². The molecule has 0 radical (unpaired) electrons. The van der Waals surface area contributed by atoms with Crippen LogP contribution >= 0.6 is 34.7 Å². The predicted molar refractivity (Wildman–Crippen MR) is 94.0 cm³/mol. The summed E-state index contributed by atoms with van der Waals surface area (Å²) in [5.41, 5.74) is 1.75. The average Bonchev–Trinajstić information content (AvgIpc) is 2.81. The molecule has 1 saturated heterocycles. The molecular formula is C16H17ClN2OS2. The van der Waals surface area contributed by atoms with E-state index in [0.29, 0.717) is 10.9 Å². The van der Waals surface area contributed by atoms with Gasteiger partial charge < -0.3 is 4.90 Å². The second-order valence-electron chi connectivity index (χ2n) is 5.21. The highest BCUT2D eigenvalue weighted by Gasteiger charge is 2.24. The summed E-state index contributed by atoms with van der Waals surface area (Å²) in [6, 6.07) is 7.99. The zero-order valence-electron chi connectivity index (χ0n) is 12.3. The molecule has 0 unspecified atom stereocenters. The Hall–Kier alpha value is -1.04. The fourth-order valence-corrected chi connectivity index (χ4v) is 4.77. The van der Waals surface area contributed by atoms with Crippen molar-refractivity contribution >= 4 is 40.6 Å². The Morgan fingerprint density at radius 2 is 2.18 bits per heavy atom. The van der Waals surface area contributed by atoms with Gasteiger partial charge in [-0.15, -0.1) is 11.3 Å². The molecule has 2 heterocycles. The summed E-state index contributed by atoms with van der Waals surface area (Å²) in [4.78, 5) is 18.7. The van der Waals surface area contributed by atoms with Crippen LogP contribution < -0.4 is 0 Å². The van der Waals surface area contributed by atoms with Crippen LogP contribution in [0.2, 0.25) is 5.02 Å². The Morgan fingerprint density at radius 1 is 1.36 bits per heavy atom. The van der Waals surface area contributed by atoms with Crippen molar-refractivity contribution in [3.63, 3.8) is 0 Å². The van der Waals surface area contributed by atoms with Crippen molar-refractivity contribution in [1.82, 2.24) is 9.88 Å². The molecule has 1 aromatic carbocycles. The van der Waals surface area contributed by atoms with E-state index in [2.05, 4.69) is 11.1 Å². The van der Waals surface area contributed by atoms with Crippen molar-refractivity contribution in [1.29, 1.82) is 0 Å². The molecule has 1 amide bonds. The Morgan fingerprint density at radius 3 is 2.91 bits per heavy atom. The second-order valence-corrected chi connectivity index (χ2v) is 7.99. The third-order valence-corrected chi connectivity index (χ3v) is 6.15. The molecule has 116 valence electrons. The molecule has 2 aromatic rings. The number of benzene rings is 1. The number of thiazole rings is 1. The van der Waals surface area contributed by atoms with E-state index < -0.39 is 0 Å². The maximum atomic E-state index is 12.5. The Balaban J connectivity index is 1.70. The molecule has 0 saturated carbocycles. The first-order valence-electron chi connectivity index (χ1n) is 7.22. The number of aryl methyl sites for hydroxylation is 1. The standard InChI is InChI=1S/C16H17ClN2OS2/c1-11-18-14(10-22-11)16(20)19-7-6-15(21-9-8-19)12-4-2-3-5-13(12)17/h2-5,10,15H,6-9H2,1H3/t15-/m1/s1. The number of aromatic nitrogens is 1. The number of hydrogen-bond acceptors (Lipinski definition) is 4. The molecule has 3 nitrogen and oxygen atoms in total. The van der Waals surface area contributed by atoms with Gasteiger partial charge in [0.15, 0.2) is 0 Å². The molecule has 1 aliphatic heterocycles. The Kier molecular flexibility index (Phi) is 5.06. The quantitative estimate of drug-likeness (QED) is 0.801. The Labute approximate surface area is 143 Å². The molecule has 22 heavy (non-hydrogen) atoms. The third kappa shape index (κ3) is 3.47. The van der Waals surface area contributed by atoms with Crippen LogP contribution in [0.1, 0.15) is 32.7 Å². The SMILES string of the molecule is Cc1nc(C(=O)N2CCS[C@@H](c3ccccc3Cl)CC2)cs1. The molecule has 1 aromatic heterocycles. The summed E-state index contributed by atoms with van der Waals surface area (Å²) < 4.78 is 0. The zero-order valence-corrected chi connectivity index (χ0v) is 14.7. The minimum atomic E-state index is 0.0461. The molecule has 6 heteroatoms. The summed E-state index contributed by atoms with van der Waals surface area (Å²) in [5.74, 6) is 0.967. The average molecular weight is 353 g/mol. The Bertz CT molecular complexity index is 674. The van der Waals surface area contributed by atoms with Crippen LogP contribution in [0.25, 0.3) is 0 Å². The largest absolute Gasteiger partial charge is 0.336 e. The lowest BCUT2D eigenvalue weighted by Crippen LogP contribution is -2.33. The van der Waals surface area contributed by atoms with Crippen LogP contribution in [0.15, 0.2) is 29.6 Å². The minimum absolute atomic E-state index is 0.0461. The molecule has 0 spiro atoms. The second kappa shape index (κ2) is 7.02. The van der Waals surface area contributed by atoms with E-state index in [0.717, 1.165) is 35.3 Å². The van der Waals surface area contributed by atoms with Crippen molar-refractivity contribution in [3.8, 4) is 0 Å². The molecule has 0 aliphatic carbocycles. The van der Waals surface area contributed by atoms with E-state index in [1.807, 2.05) is 47.2 Å². The van der Waals surface area contributed by atoms with Gasteiger partial charge in [0.2, 0.25) is 0 Å². The van der Waals surface area contributed by atoms with Crippen LogP contribution in [0.3, 0.4) is 0 Å². The van der Waals surface area contributed by atoms with E-state index >= 15 is 0 Å². The monoisotopic (exact) mass is 352 g/mol. The van der Waals surface area contributed by atoms with Gasteiger partial charge in [0.25, 0.3) is 5.91 Å². The fraction of sp³-hybridized carbons (Fsp3) is 0.375. The molecule has 1 fully saturated rings. The van der Waals surface area contributed by atoms with E-state index in [9.17, 15) is 4.79 Å². The normalized spacial score (nSPS) is 19.0. The molecule has 1 aliphatic rings. The third-order valence-electron chi connectivity index (χ3n) is 3.72. The number of nitrogens with zero attached hydrogens (tertiary/aromatic N) is 2. The van der Waals surface area contributed by atoms with Gasteiger partial charge in [0, 0.05) is 34.5 Å². The molecule has 0 bridgehead atoms. The van der Waals surface area contributed by atoms with Gasteiger partial charge in [0.05, 0.1) is 5.01 Å². The number of rotatable bonds is 2. The highest BCUT2D eigenvalue weighted by Crippen LogP contribution is 2.37. The first-order chi connectivity index (χ1) is 10.6. The number of halogens is 1. The van der Waals surface area contributed by atoms with Gasteiger partial charge in [-0.2, -0.15) is 11.8 Å². The number of thioether (sulfide) groups is 1. The smallest absolute Gasteiger partial charge is 0.273 e. The van der Waals surface area contributed by atoms with E-state index in [4.69, 9.17) is 11.6 Å². The first kappa shape index (κ1) is 15.8. The lowest BCUT2D eigenvalue weighted by molar-refractivity contribution is 0.0761. The summed E-state index contributed by atoms with van der Waals surface area (Å²) in [6.45, 7) is 3.44. The predicted octanol–water partition coefficient (Wildman–Crippen LogP) is 4.43. The van der Waals surface area contributed by atoms with Crippen molar-refractivity contribution in [2.75, 3.05) is 18.8 Å². The minimum Gasteiger partial charge on any atom is -0.336 e. The molecule has 0 N–H and O–H groups in total. The number of carbonyl (C=O) groups is 1. The summed E-state index contributed by atoms with van der Waals surface area (Å²) >= 11 is 9.70. The molecular weight excluding hydrogens is 336 g/mol. The molecule has 3 rings (SSSR count). The number of hydrogen-bond donors (Lipinski definition) is 0. The summed E-state index contributed by atoms with van der Waals surface area (Å²) in [7, 11) is 0. The van der Waals surface area contributed by atoms with E-state index in [-0.39, 0.29) is 5.91 Å². The maximum Gasteiger partial charge on any atom is 0.273 e. The van der Waals surface area contributed by atoms with Gasteiger partial charge in [-0.3, -0.25) is 4.79 Å².